The molecule has 4 nitrogen and oxygen atoms in total. The van der Waals surface area contributed by atoms with Gasteiger partial charge in [0.15, 0.2) is 0 Å². The molecule has 1 fully saturated rings. The number of likely N-dealkylation sites (N-methyl/N-ethyl adjacent to an activating group) is 1. The quantitative estimate of drug-likeness (QED) is 0.478. The first kappa shape index (κ1) is 8.20. The second-order valence-corrected chi connectivity index (χ2v) is 2.70. The molecule has 62 valence electrons. The van der Waals surface area contributed by atoms with E-state index in [1.807, 2.05) is 0 Å². The van der Waals surface area contributed by atoms with Crippen molar-refractivity contribution < 1.29 is 14.3 Å². The normalized spacial score (nSPS) is 25.6. The SMILES string of the molecule is COC(=O)[C@H]1CC(=O)CN1C. The van der Waals surface area contributed by atoms with Crippen molar-refractivity contribution in [3.05, 3.63) is 0 Å². The van der Waals surface area contributed by atoms with Gasteiger partial charge in [-0.25, -0.2) is 0 Å². The summed E-state index contributed by atoms with van der Waals surface area (Å²) < 4.78 is 4.52. The number of nitrogens with zero attached hydrogens (tertiary/aromatic N) is 1. The first-order valence-electron chi connectivity index (χ1n) is 3.45. The fourth-order valence-electron chi connectivity index (χ4n) is 1.22. The summed E-state index contributed by atoms with van der Waals surface area (Å²) in [6, 6.07) is -0.354. The Kier molecular flexibility index (Phi) is 2.24. The van der Waals surface area contributed by atoms with Crippen LogP contribution in [0.15, 0.2) is 0 Å². The van der Waals surface area contributed by atoms with Gasteiger partial charge >= 0.3 is 5.97 Å². The van der Waals surface area contributed by atoms with Gasteiger partial charge in [-0.1, -0.05) is 0 Å². The molecular weight excluding hydrogens is 146 g/mol. The maximum Gasteiger partial charge on any atom is 0.323 e. The van der Waals surface area contributed by atoms with Crippen LogP contribution >= 0.6 is 0 Å². The molecular formula is C7H11NO3. The molecule has 4 heteroatoms. The van der Waals surface area contributed by atoms with Crippen LogP contribution in [0.1, 0.15) is 6.42 Å². The summed E-state index contributed by atoms with van der Waals surface area (Å²) >= 11 is 0. The summed E-state index contributed by atoms with van der Waals surface area (Å²) in [5.41, 5.74) is 0. The fraction of sp³-hybridized carbons (Fsp3) is 0.714. The Morgan fingerprint density at radius 2 is 2.36 bits per heavy atom. The number of hydrogen-bond donors (Lipinski definition) is 0. The highest BCUT2D eigenvalue weighted by Crippen LogP contribution is 2.12. The van der Waals surface area contributed by atoms with E-state index in [2.05, 4.69) is 4.74 Å². The number of likely N-dealkylation sites (tertiary alicyclic amines) is 1. The predicted octanol–water partition coefficient (Wildman–Crippen LogP) is -0.567. The zero-order valence-corrected chi connectivity index (χ0v) is 6.66. The monoisotopic (exact) mass is 157 g/mol. The Balaban J connectivity index is 2.59. The molecule has 11 heavy (non-hydrogen) atoms. The number of ether oxygens (including phenoxy) is 1. The number of Topliss-reactive ketones (excluding diaryl/α,β-unsaturated/α-hetero) is 1. The van der Waals surface area contributed by atoms with E-state index in [1.165, 1.54) is 7.11 Å². The van der Waals surface area contributed by atoms with E-state index in [9.17, 15) is 9.59 Å². The summed E-state index contributed by atoms with van der Waals surface area (Å²) in [5.74, 6) is -0.221. The summed E-state index contributed by atoms with van der Waals surface area (Å²) in [5, 5.41) is 0. The van der Waals surface area contributed by atoms with Gasteiger partial charge in [-0.2, -0.15) is 0 Å². The maximum atomic E-state index is 11.0. The van der Waals surface area contributed by atoms with Crippen molar-refractivity contribution in [2.45, 2.75) is 12.5 Å². The van der Waals surface area contributed by atoms with Gasteiger partial charge in [0, 0.05) is 6.42 Å². The third kappa shape index (κ3) is 1.57. The topological polar surface area (TPSA) is 46.6 Å². The number of rotatable bonds is 1. The van der Waals surface area contributed by atoms with E-state index in [-0.39, 0.29) is 17.8 Å². The summed E-state index contributed by atoms with van der Waals surface area (Å²) in [6.45, 7) is 0.361. The van der Waals surface area contributed by atoms with Gasteiger partial charge in [-0.3, -0.25) is 14.5 Å². The van der Waals surface area contributed by atoms with Gasteiger partial charge in [-0.15, -0.1) is 0 Å². The van der Waals surface area contributed by atoms with Crippen molar-refractivity contribution in [2.75, 3.05) is 20.7 Å². The minimum absolute atomic E-state index is 0.0999. The van der Waals surface area contributed by atoms with Crippen LogP contribution in [0.25, 0.3) is 0 Å². The van der Waals surface area contributed by atoms with Gasteiger partial charge in [0.1, 0.15) is 11.8 Å². The minimum atomic E-state index is -0.354. The Labute approximate surface area is 65.1 Å². The second-order valence-electron chi connectivity index (χ2n) is 2.70. The second kappa shape index (κ2) is 3.00. The molecule has 1 saturated heterocycles. The highest BCUT2D eigenvalue weighted by Gasteiger charge is 2.33. The molecule has 0 saturated carbocycles. The molecule has 0 unspecified atom stereocenters. The van der Waals surface area contributed by atoms with Crippen LogP contribution in [-0.2, 0) is 14.3 Å². The van der Waals surface area contributed by atoms with Crippen LogP contribution in [0, 0.1) is 0 Å². The molecule has 0 spiro atoms. The lowest BCUT2D eigenvalue weighted by molar-refractivity contribution is -0.145. The first-order valence-corrected chi connectivity index (χ1v) is 3.45. The number of esters is 1. The summed E-state index contributed by atoms with van der Waals surface area (Å²) in [6.07, 6.45) is 0.295. The van der Waals surface area contributed by atoms with Gasteiger partial charge in [-0.05, 0) is 7.05 Å². The van der Waals surface area contributed by atoms with Gasteiger partial charge in [0.05, 0.1) is 13.7 Å². The summed E-state index contributed by atoms with van der Waals surface area (Å²) in [7, 11) is 3.07. The van der Waals surface area contributed by atoms with E-state index < -0.39 is 0 Å². The molecule has 1 aliphatic rings. The number of carbonyl (C=O) groups excluding carboxylic acids is 2. The molecule has 0 aromatic heterocycles. The van der Waals surface area contributed by atoms with Crippen molar-refractivity contribution in [2.24, 2.45) is 0 Å². The van der Waals surface area contributed by atoms with Gasteiger partial charge in [0.25, 0.3) is 0 Å². The average molecular weight is 157 g/mol. The molecule has 0 N–H and O–H groups in total. The molecule has 0 amide bonds. The van der Waals surface area contributed by atoms with E-state index in [0.717, 1.165) is 0 Å². The highest BCUT2D eigenvalue weighted by molar-refractivity contribution is 5.91. The lowest BCUT2D eigenvalue weighted by atomic mass is 10.2. The lowest BCUT2D eigenvalue weighted by Crippen LogP contribution is -2.33. The fourth-order valence-corrected chi connectivity index (χ4v) is 1.22. The predicted molar refractivity (Wildman–Crippen MR) is 38.1 cm³/mol. The first-order chi connectivity index (χ1) is 5.15. The molecule has 0 aliphatic carbocycles. The lowest BCUT2D eigenvalue weighted by Gasteiger charge is -2.14. The van der Waals surface area contributed by atoms with Crippen molar-refractivity contribution in [1.29, 1.82) is 0 Å². The average Bonchev–Trinajstić information content (AvgIpc) is 2.28. The van der Waals surface area contributed by atoms with Crippen molar-refractivity contribution in [3.63, 3.8) is 0 Å². The molecule has 0 aromatic rings. The van der Waals surface area contributed by atoms with E-state index in [1.54, 1.807) is 11.9 Å². The molecule has 0 aromatic carbocycles. The van der Waals surface area contributed by atoms with Crippen LogP contribution in [0.4, 0.5) is 0 Å². The van der Waals surface area contributed by atoms with Gasteiger partial charge < -0.3 is 4.74 Å². The van der Waals surface area contributed by atoms with Crippen LogP contribution in [0.3, 0.4) is 0 Å². The number of carbonyl (C=O) groups is 2. The third-order valence-electron chi connectivity index (χ3n) is 1.85. The van der Waals surface area contributed by atoms with Crippen LogP contribution in [-0.4, -0.2) is 43.4 Å². The Bertz CT molecular complexity index is 190. The molecule has 1 heterocycles. The number of ketones is 1. The molecule has 1 atom stereocenters. The van der Waals surface area contributed by atoms with Crippen molar-refractivity contribution >= 4 is 11.8 Å². The van der Waals surface area contributed by atoms with Crippen molar-refractivity contribution in [3.8, 4) is 0 Å². The highest BCUT2D eigenvalue weighted by atomic mass is 16.5. The Hall–Kier alpha value is -0.900. The Morgan fingerprint density at radius 1 is 1.73 bits per heavy atom. The zero-order valence-electron chi connectivity index (χ0n) is 6.66. The molecule has 0 radical (unpaired) electrons. The smallest absolute Gasteiger partial charge is 0.323 e. The van der Waals surface area contributed by atoms with Crippen molar-refractivity contribution in [1.82, 2.24) is 4.90 Å². The third-order valence-corrected chi connectivity index (χ3v) is 1.85. The maximum absolute atomic E-state index is 11.0. The standard InChI is InChI=1S/C7H11NO3/c1-8-4-5(9)3-6(8)7(10)11-2/h6H,3-4H2,1-2H3/t6-/m1/s1. The minimum Gasteiger partial charge on any atom is -0.468 e. The van der Waals surface area contributed by atoms with E-state index in [4.69, 9.17) is 0 Å². The number of methoxy groups -OCH3 is 1. The van der Waals surface area contributed by atoms with Gasteiger partial charge in [0.2, 0.25) is 0 Å². The molecule has 0 bridgehead atoms. The molecule has 1 rings (SSSR count). The van der Waals surface area contributed by atoms with Crippen LogP contribution in [0.2, 0.25) is 0 Å². The van der Waals surface area contributed by atoms with Crippen LogP contribution < -0.4 is 0 Å². The zero-order chi connectivity index (χ0) is 8.43. The van der Waals surface area contributed by atoms with E-state index in [0.29, 0.717) is 13.0 Å². The number of hydrogen-bond acceptors (Lipinski definition) is 4. The largest absolute Gasteiger partial charge is 0.468 e. The van der Waals surface area contributed by atoms with E-state index >= 15 is 0 Å². The summed E-state index contributed by atoms with van der Waals surface area (Å²) in [4.78, 5) is 23.5. The van der Waals surface area contributed by atoms with Crippen LogP contribution in [0.5, 0.6) is 0 Å². The molecule has 1 aliphatic heterocycles. The Morgan fingerprint density at radius 3 is 2.73 bits per heavy atom.